The van der Waals surface area contributed by atoms with Crippen LogP contribution >= 0.6 is 0 Å². The molecule has 1 saturated heterocycles. The summed E-state index contributed by atoms with van der Waals surface area (Å²) in [5, 5.41) is 0. The maximum atomic E-state index is 11.8. The lowest BCUT2D eigenvalue weighted by atomic mass is 9.68. The van der Waals surface area contributed by atoms with Gasteiger partial charge in [0.1, 0.15) is 11.9 Å². The molecule has 0 spiro atoms. The van der Waals surface area contributed by atoms with Crippen molar-refractivity contribution in [2.45, 2.75) is 65.4 Å². The first-order chi connectivity index (χ1) is 10.3. The largest absolute Gasteiger partial charge is 0.462 e. The normalized spacial score (nSPS) is 28.1. The first kappa shape index (κ1) is 16.7. The van der Waals surface area contributed by atoms with Crippen molar-refractivity contribution in [1.29, 1.82) is 0 Å². The van der Waals surface area contributed by atoms with E-state index in [0.29, 0.717) is 38.5 Å². The maximum Gasteiger partial charge on any atom is 0.306 e. The van der Waals surface area contributed by atoms with Crippen LogP contribution in [0, 0.1) is 5.41 Å². The molecule has 1 aliphatic heterocycles. The molecule has 0 aromatic rings. The summed E-state index contributed by atoms with van der Waals surface area (Å²) in [5.41, 5.74) is 1.59. The van der Waals surface area contributed by atoms with E-state index < -0.39 is 0 Å². The minimum atomic E-state index is -0.382. The summed E-state index contributed by atoms with van der Waals surface area (Å²) in [6.07, 6.45) is 6.38. The molecule has 0 unspecified atom stereocenters. The fourth-order valence-electron chi connectivity index (χ4n) is 3.41. The van der Waals surface area contributed by atoms with Crippen molar-refractivity contribution in [3.63, 3.8) is 0 Å². The smallest absolute Gasteiger partial charge is 0.306 e. The van der Waals surface area contributed by atoms with Crippen molar-refractivity contribution in [1.82, 2.24) is 0 Å². The third kappa shape index (κ3) is 3.93. The number of rotatable bonds is 5. The molecule has 2 atom stereocenters. The third-order valence-electron chi connectivity index (χ3n) is 4.45. The maximum absolute atomic E-state index is 11.8. The number of allylic oxidation sites excluding steroid dienone is 4. The van der Waals surface area contributed by atoms with Gasteiger partial charge in [0.15, 0.2) is 5.78 Å². The summed E-state index contributed by atoms with van der Waals surface area (Å²) >= 11 is 0. The number of ether oxygens (including phenoxy) is 1. The highest BCUT2D eigenvalue weighted by molar-refractivity contribution is 5.91. The number of fused-ring (bicyclic) bond motifs is 1. The van der Waals surface area contributed by atoms with Gasteiger partial charge in [-0.1, -0.05) is 17.2 Å². The molecule has 120 valence electrons. The van der Waals surface area contributed by atoms with Gasteiger partial charge in [0, 0.05) is 24.7 Å². The van der Waals surface area contributed by atoms with Gasteiger partial charge in [-0.15, -0.1) is 0 Å². The van der Waals surface area contributed by atoms with E-state index in [0.717, 1.165) is 11.1 Å². The average Bonchev–Trinajstić information content (AvgIpc) is 2.71. The quantitative estimate of drug-likeness (QED) is 0.444. The van der Waals surface area contributed by atoms with Crippen LogP contribution in [0.3, 0.4) is 0 Å². The van der Waals surface area contributed by atoms with Crippen molar-refractivity contribution in [2.24, 2.45) is 5.41 Å². The lowest BCUT2D eigenvalue weighted by Crippen LogP contribution is -2.37. The van der Waals surface area contributed by atoms with Crippen molar-refractivity contribution in [3.8, 4) is 0 Å². The number of hydrogen-bond donors (Lipinski definition) is 0. The van der Waals surface area contributed by atoms with Crippen LogP contribution in [0.4, 0.5) is 0 Å². The topological polar surface area (TPSA) is 60.4 Å². The number of esters is 1. The Morgan fingerprint density at radius 1 is 1.27 bits per heavy atom. The van der Waals surface area contributed by atoms with Crippen LogP contribution in [0.1, 0.15) is 59.3 Å². The highest BCUT2D eigenvalue weighted by atomic mass is 16.6. The zero-order chi connectivity index (χ0) is 16.3. The second-order valence-electron chi connectivity index (χ2n) is 6.89. The van der Waals surface area contributed by atoms with Gasteiger partial charge in [-0.3, -0.25) is 14.4 Å². The first-order valence-corrected chi connectivity index (χ1v) is 7.85. The standard InChI is InChI=1S/C18H24O4/c1-12(2)8-15(20)9-13(3)6-7-18-10-14(19)4-5-16(18)22-17(21)11-18/h6,8,16H,4-5,7,9-11H2,1-3H3/b13-6+/t16-,18+/m0/s1. The summed E-state index contributed by atoms with van der Waals surface area (Å²) in [6.45, 7) is 5.72. The van der Waals surface area contributed by atoms with Crippen molar-refractivity contribution >= 4 is 17.5 Å². The Morgan fingerprint density at radius 3 is 2.68 bits per heavy atom. The van der Waals surface area contributed by atoms with E-state index in [9.17, 15) is 14.4 Å². The Balaban J connectivity index is 2.05. The van der Waals surface area contributed by atoms with E-state index in [2.05, 4.69) is 0 Å². The van der Waals surface area contributed by atoms with Crippen LogP contribution in [0.2, 0.25) is 0 Å². The Morgan fingerprint density at radius 2 is 2.00 bits per heavy atom. The van der Waals surface area contributed by atoms with Gasteiger partial charge in [0.2, 0.25) is 0 Å². The van der Waals surface area contributed by atoms with E-state index in [4.69, 9.17) is 4.74 Å². The molecule has 1 heterocycles. The summed E-state index contributed by atoms with van der Waals surface area (Å²) in [6, 6.07) is 0. The lowest BCUT2D eigenvalue weighted by Gasteiger charge is -2.35. The average molecular weight is 304 g/mol. The number of carbonyl (C=O) groups excluding carboxylic acids is 3. The first-order valence-electron chi connectivity index (χ1n) is 7.85. The van der Waals surface area contributed by atoms with E-state index in [1.807, 2.05) is 26.8 Å². The van der Waals surface area contributed by atoms with Crippen molar-refractivity contribution < 1.29 is 19.1 Å². The third-order valence-corrected chi connectivity index (χ3v) is 4.45. The molecule has 1 aliphatic carbocycles. The number of ketones is 2. The number of carbonyl (C=O) groups is 3. The van der Waals surface area contributed by atoms with Crippen molar-refractivity contribution in [3.05, 3.63) is 23.3 Å². The minimum absolute atomic E-state index is 0.0845. The molecule has 4 nitrogen and oxygen atoms in total. The summed E-state index contributed by atoms with van der Waals surface area (Å²) in [5.74, 6) is 0.0915. The molecule has 1 saturated carbocycles. The Hall–Kier alpha value is -1.71. The van der Waals surface area contributed by atoms with Gasteiger partial charge in [-0.2, -0.15) is 0 Å². The minimum Gasteiger partial charge on any atom is -0.462 e. The molecule has 0 bridgehead atoms. The molecule has 0 amide bonds. The molecule has 2 rings (SSSR count). The monoisotopic (exact) mass is 304 g/mol. The van der Waals surface area contributed by atoms with Gasteiger partial charge in [0.25, 0.3) is 0 Å². The zero-order valence-corrected chi connectivity index (χ0v) is 13.6. The van der Waals surface area contributed by atoms with Crippen LogP contribution < -0.4 is 0 Å². The van der Waals surface area contributed by atoms with Crippen LogP contribution in [0.5, 0.6) is 0 Å². The van der Waals surface area contributed by atoms with Crippen LogP contribution in [0.25, 0.3) is 0 Å². The Bertz CT molecular complexity index is 549. The second kappa shape index (κ2) is 6.59. The summed E-state index contributed by atoms with van der Waals surface area (Å²) < 4.78 is 5.39. The van der Waals surface area contributed by atoms with E-state index in [-0.39, 0.29) is 29.1 Å². The van der Waals surface area contributed by atoms with E-state index in [1.165, 1.54) is 0 Å². The van der Waals surface area contributed by atoms with Crippen LogP contribution in [-0.2, 0) is 19.1 Å². The number of hydrogen-bond acceptors (Lipinski definition) is 4. The molecular formula is C18H24O4. The highest BCUT2D eigenvalue weighted by Gasteiger charge is 2.51. The van der Waals surface area contributed by atoms with Gasteiger partial charge in [0.05, 0.1) is 6.42 Å². The lowest BCUT2D eigenvalue weighted by molar-refractivity contribution is -0.144. The molecule has 0 aromatic carbocycles. The van der Waals surface area contributed by atoms with E-state index in [1.54, 1.807) is 6.08 Å². The zero-order valence-electron chi connectivity index (χ0n) is 13.6. The number of Topliss-reactive ketones (excluding diaryl/α,β-unsaturated/α-hetero) is 1. The van der Waals surface area contributed by atoms with Gasteiger partial charge >= 0.3 is 5.97 Å². The Kier molecular flexibility index (Phi) is 4.99. The highest BCUT2D eigenvalue weighted by Crippen LogP contribution is 2.47. The summed E-state index contributed by atoms with van der Waals surface area (Å²) in [4.78, 5) is 35.3. The predicted molar refractivity (Wildman–Crippen MR) is 83.2 cm³/mol. The molecule has 22 heavy (non-hydrogen) atoms. The predicted octanol–water partition coefficient (Wildman–Crippen LogP) is 3.30. The Labute approximate surface area is 131 Å². The molecular weight excluding hydrogens is 280 g/mol. The molecule has 2 aliphatic rings. The van der Waals surface area contributed by atoms with Gasteiger partial charge in [-0.05, 0) is 39.7 Å². The SMILES string of the molecule is CC(C)=CC(=O)C/C(C)=C/C[C@]12CC(=O)CC[C@@H]1OC(=O)C2. The van der Waals surface area contributed by atoms with Crippen LogP contribution in [-0.4, -0.2) is 23.6 Å². The van der Waals surface area contributed by atoms with Crippen molar-refractivity contribution in [2.75, 3.05) is 0 Å². The molecule has 0 N–H and O–H groups in total. The van der Waals surface area contributed by atoms with E-state index >= 15 is 0 Å². The summed E-state index contributed by atoms with van der Waals surface area (Å²) in [7, 11) is 0. The molecule has 0 radical (unpaired) electrons. The van der Waals surface area contributed by atoms with Gasteiger partial charge in [-0.25, -0.2) is 0 Å². The fraction of sp³-hybridized carbons (Fsp3) is 0.611. The fourth-order valence-corrected chi connectivity index (χ4v) is 3.41. The second-order valence-corrected chi connectivity index (χ2v) is 6.89. The van der Waals surface area contributed by atoms with Gasteiger partial charge < -0.3 is 4.74 Å². The molecule has 4 heteroatoms. The van der Waals surface area contributed by atoms with Crippen LogP contribution in [0.15, 0.2) is 23.3 Å². The molecule has 2 fully saturated rings. The molecule has 0 aromatic heterocycles.